The summed E-state index contributed by atoms with van der Waals surface area (Å²) in [6.45, 7) is 2.23. The quantitative estimate of drug-likeness (QED) is 0.851. The second-order valence-electron chi connectivity index (χ2n) is 3.84. The van der Waals surface area contributed by atoms with E-state index in [-0.39, 0.29) is 0 Å². The number of halogens is 1. The molecule has 76 valence electrons. The summed E-state index contributed by atoms with van der Waals surface area (Å²) in [5.74, 6) is 1.07. The summed E-state index contributed by atoms with van der Waals surface area (Å²) in [5, 5.41) is 12.7. The Morgan fingerprint density at radius 1 is 1.50 bits per heavy atom. The Bertz CT molecular complexity index is 321. The van der Waals surface area contributed by atoms with Crippen molar-refractivity contribution in [3.63, 3.8) is 0 Å². The van der Waals surface area contributed by atoms with Crippen molar-refractivity contribution in [1.82, 2.24) is 5.32 Å². The molecule has 14 heavy (non-hydrogen) atoms. The lowest BCUT2D eigenvalue weighted by Crippen LogP contribution is -2.10. The highest BCUT2D eigenvalue weighted by Crippen LogP contribution is 2.25. The number of aromatic hydroxyl groups is 1. The molecular formula is C11H14BrNO. The zero-order valence-electron chi connectivity index (χ0n) is 7.96. The van der Waals surface area contributed by atoms with Gasteiger partial charge in [-0.3, -0.25) is 0 Å². The molecule has 0 bridgehead atoms. The standard InChI is InChI=1S/C11H14BrNO/c12-11-2-1-10(14)6-9(11)5-8-3-4-13-7-8/h1-2,6,8,13-14H,3-5,7H2. The molecule has 0 aromatic heterocycles. The highest BCUT2D eigenvalue weighted by molar-refractivity contribution is 9.10. The fraction of sp³-hybridized carbons (Fsp3) is 0.455. The number of hydrogen-bond donors (Lipinski definition) is 2. The first-order valence-corrected chi connectivity index (χ1v) is 5.73. The zero-order valence-corrected chi connectivity index (χ0v) is 9.55. The molecule has 1 atom stereocenters. The Morgan fingerprint density at radius 2 is 2.36 bits per heavy atom. The van der Waals surface area contributed by atoms with Crippen molar-refractivity contribution in [3.05, 3.63) is 28.2 Å². The topological polar surface area (TPSA) is 32.3 Å². The van der Waals surface area contributed by atoms with E-state index in [0.717, 1.165) is 24.0 Å². The Hall–Kier alpha value is -0.540. The molecule has 2 N–H and O–H groups in total. The average Bonchev–Trinajstić information content (AvgIpc) is 2.64. The highest BCUT2D eigenvalue weighted by Gasteiger charge is 2.16. The first kappa shape index (κ1) is 9.99. The van der Waals surface area contributed by atoms with Crippen molar-refractivity contribution in [2.24, 2.45) is 5.92 Å². The van der Waals surface area contributed by atoms with Crippen LogP contribution in [0.1, 0.15) is 12.0 Å². The van der Waals surface area contributed by atoms with Crippen molar-refractivity contribution in [1.29, 1.82) is 0 Å². The first-order chi connectivity index (χ1) is 6.75. The Balaban J connectivity index is 2.10. The van der Waals surface area contributed by atoms with Gasteiger partial charge in [-0.1, -0.05) is 15.9 Å². The molecule has 0 saturated carbocycles. The van der Waals surface area contributed by atoms with Gasteiger partial charge in [-0.25, -0.2) is 0 Å². The maximum atomic E-state index is 9.37. The smallest absolute Gasteiger partial charge is 0.115 e. The molecule has 1 fully saturated rings. The van der Waals surface area contributed by atoms with Gasteiger partial charge < -0.3 is 10.4 Å². The number of phenolic OH excluding ortho intramolecular Hbond substituents is 1. The summed E-state index contributed by atoms with van der Waals surface area (Å²) >= 11 is 3.51. The van der Waals surface area contributed by atoms with Gasteiger partial charge in [0.05, 0.1) is 0 Å². The predicted molar refractivity (Wildman–Crippen MR) is 60.5 cm³/mol. The maximum absolute atomic E-state index is 9.37. The van der Waals surface area contributed by atoms with E-state index in [9.17, 15) is 5.11 Å². The Morgan fingerprint density at radius 3 is 3.07 bits per heavy atom. The summed E-state index contributed by atoms with van der Waals surface area (Å²) < 4.78 is 1.10. The number of hydrogen-bond acceptors (Lipinski definition) is 2. The lowest BCUT2D eigenvalue weighted by molar-refractivity contribution is 0.473. The first-order valence-electron chi connectivity index (χ1n) is 4.94. The molecule has 2 rings (SSSR count). The maximum Gasteiger partial charge on any atom is 0.115 e. The lowest BCUT2D eigenvalue weighted by atomic mass is 9.99. The van der Waals surface area contributed by atoms with E-state index in [1.54, 1.807) is 6.07 Å². The predicted octanol–water partition coefficient (Wildman–Crippen LogP) is 2.31. The Kier molecular flexibility index (Phi) is 3.08. The fourth-order valence-electron chi connectivity index (χ4n) is 1.92. The third-order valence-corrected chi connectivity index (χ3v) is 3.47. The molecule has 1 unspecified atom stereocenters. The van der Waals surface area contributed by atoms with E-state index in [1.165, 1.54) is 12.0 Å². The van der Waals surface area contributed by atoms with Crippen LogP contribution in [-0.4, -0.2) is 18.2 Å². The fourth-order valence-corrected chi connectivity index (χ4v) is 2.33. The molecule has 1 heterocycles. The van der Waals surface area contributed by atoms with Gasteiger partial charge in [0.25, 0.3) is 0 Å². The molecule has 1 aliphatic rings. The molecule has 1 aromatic rings. The van der Waals surface area contributed by atoms with Gasteiger partial charge in [0.2, 0.25) is 0 Å². The largest absolute Gasteiger partial charge is 0.508 e. The average molecular weight is 256 g/mol. The van der Waals surface area contributed by atoms with Crippen LogP contribution in [0, 0.1) is 5.92 Å². The van der Waals surface area contributed by atoms with Crippen LogP contribution in [0.2, 0.25) is 0 Å². The second kappa shape index (κ2) is 4.32. The normalized spacial score (nSPS) is 21.4. The Labute approximate surface area is 92.5 Å². The summed E-state index contributed by atoms with van der Waals surface area (Å²) in [6.07, 6.45) is 2.28. The SMILES string of the molecule is Oc1ccc(Br)c(CC2CCNC2)c1. The van der Waals surface area contributed by atoms with Gasteiger partial charge >= 0.3 is 0 Å². The van der Waals surface area contributed by atoms with Crippen LogP contribution in [0.25, 0.3) is 0 Å². The van der Waals surface area contributed by atoms with Crippen molar-refractivity contribution in [3.8, 4) is 5.75 Å². The molecule has 0 amide bonds. The minimum Gasteiger partial charge on any atom is -0.508 e. The molecule has 0 radical (unpaired) electrons. The van der Waals surface area contributed by atoms with E-state index in [0.29, 0.717) is 11.7 Å². The van der Waals surface area contributed by atoms with Crippen LogP contribution in [0.3, 0.4) is 0 Å². The molecule has 2 nitrogen and oxygen atoms in total. The van der Waals surface area contributed by atoms with Crippen LogP contribution >= 0.6 is 15.9 Å². The molecule has 1 saturated heterocycles. The third kappa shape index (κ3) is 2.28. The third-order valence-electron chi connectivity index (χ3n) is 2.70. The monoisotopic (exact) mass is 255 g/mol. The molecule has 0 aliphatic carbocycles. The molecule has 1 aromatic carbocycles. The van der Waals surface area contributed by atoms with Crippen LogP contribution < -0.4 is 5.32 Å². The van der Waals surface area contributed by atoms with E-state index in [2.05, 4.69) is 21.2 Å². The van der Waals surface area contributed by atoms with Crippen LogP contribution in [-0.2, 0) is 6.42 Å². The van der Waals surface area contributed by atoms with Gasteiger partial charge in [0.15, 0.2) is 0 Å². The van der Waals surface area contributed by atoms with Crippen molar-refractivity contribution >= 4 is 15.9 Å². The molecule has 3 heteroatoms. The molecular weight excluding hydrogens is 242 g/mol. The van der Waals surface area contributed by atoms with Crippen LogP contribution in [0.5, 0.6) is 5.75 Å². The number of phenols is 1. The lowest BCUT2D eigenvalue weighted by Gasteiger charge is -2.10. The van der Waals surface area contributed by atoms with Crippen molar-refractivity contribution in [2.45, 2.75) is 12.8 Å². The number of nitrogens with one attached hydrogen (secondary N) is 1. The summed E-state index contributed by atoms with van der Waals surface area (Å²) in [7, 11) is 0. The zero-order chi connectivity index (χ0) is 9.97. The summed E-state index contributed by atoms with van der Waals surface area (Å²) in [4.78, 5) is 0. The van der Waals surface area contributed by atoms with Crippen molar-refractivity contribution in [2.75, 3.05) is 13.1 Å². The van der Waals surface area contributed by atoms with Crippen LogP contribution in [0.4, 0.5) is 0 Å². The minimum absolute atomic E-state index is 0.356. The molecule has 1 aliphatic heterocycles. The van der Waals surface area contributed by atoms with Gasteiger partial charge in [-0.15, -0.1) is 0 Å². The van der Waals surface area contributed by atoms with E-state index in [4.69, 9.17) is 0 Å². The van der Waals surface area contributed by atoms with Crippen LogP contribution in [0.15, 0.2) is 22.7 Å². The van der Waals surface area contributed by atoms with Gasteiger partial charge in [0, 0.05) is 4.47 Å². The summed E-state index contributed by atoms with van der Waals surface area (Å²) in [5.41, 5.74) is 1.21. The minimum atomic E-state index is 0.356. The number of rotatable bonds is 2. The highest BCUT2D eigenvalue weighted by atomic mass is 79.9. The van der Waals surface area contributed by atoms with Gasteiger partial charge in [0.1, 0.15) is 5.75 Å². The molecule has 0 spiro atoms. The van der Waals surface area contributed by atoms with E-state index < -0.39 is 0 Å². The van der Waals surface area contributed by atoms with E-state index in [1.807, 2.05) is 12.1 Å². The van der Waals surface area contributed by atoms with E-state index >= 15 is 0 Å². The second-order valence-corrected chi connectivity index (χ2v) is 4.69. The van der Waals surface area contributed by atoms with Gasteiger partial charge in [-0.05, 0) is 55.6 Å². The number of benzene rings is 1. The van der Waals surface area contributed by atoms with Gasteiger partial charge in [-0.2, -0.15) is 0 Å². The summed E-state index contributed by atoms with van der Waals surface area (Å²) in [6, 6.07) is 5.47. The van der Waals surface area contributed by atoms with Crippen molar-refractivity contribution < 1.29 is 5.11 Å².